The summed E-state index contributed by atoms with van der Waals surface area (Å²) in [6, 6.07) is 4.24. The molecule has 0 atom stereocenters. The van der Waals surface area contributed by atoms with Gasteiger partial charge in [0.05, 0.1) is 4.92 Å². The number of aryl methyl sites for hydroxylation is 2. The van der Waals surface area contributed by atoms with Crippen LogP contribution >= 0.6 is 0 Å². The molecule has 0 aliphatic carbocycles. The van der Waals surface area contributed by atoms with Gasteiger partial charge in [-0.05, 0) is 37.1 Å². The van der Waals surface area contributed by atoms with Crippen LogP contribution in [0.1, 0.15) is 27.0 Å². The van der Waals surface area contributed by atoms with E-state index in [0.29, 0.717) is 12.1 Å². The van der Waals surface area contributed by atoms with Gasteiger partial charge in [0.15, 0.2) is 0 Å². The number of carbonyl (C=O) groups is 1. The average Bonchev–Trinajstić information content (AvgIpc) is 2.67. The van der Waals surface area contributed by atoms with Crippen LogP contribution in [-0.2, 0) is 5.67 Å². The zero-order chi connectivity index (χ0) is 25.5. The maximum absolute atomic E-state index is 14.4. The van der Waals surface area contributed by atoms with E-state index in [1.165, 1.54) is 17.0 Å². The maximum Gasteiger partial charge on any atom is 0.435 e. The summed E-state index contributed by atoms with van der Waals surface area (Å²) in [5, 5.41) is 13.6. The lowest BCUT2D eigenvalue weighted by molar-refractivity contribution is -0.384. The molecular weight excluding hydrogens is 463 g/mol. The molecule has 0 aliphatic rings. The SMILES string of the molecule is Cc1cc(C(F)(C(F)(F)F)C(F)(F)F)cc(C)c1NC(=O)c1ccc(N(C)C)c([N+](=O)[O-])c1. The summed E-state index contributed by atoms with van der Waals surface area (Å²) in [5.74, 6) is -0.902. The molecule has 0 unspecified atom stereocenters. The second-order valence-electron chi connectivity index (χ2n) is 7.45. The molecule has 0 aromatic heterocycles. The highest BCUT2D eigenvalue weighted by atomic mass is 19.4. The molecule has 33 heavy (non-hydrogen) atoms. The number of hydrogen-bond acceptors (Lipinski definition) is 4. The van der Waals surface area contributed by atoms with Gasteiger partial charge in [-0.1, -0.05) is 12.1 Å². The molecule has 180 valence electrons. The number of nitrogens with zero attached hydrogens (tertiary/aromatic N) is 2. The summed E-state index contributed by atoms with van der Waals surface area (Å²) in [6.45, 7) is 2.19. The van der Waals surface area contributed by atoms with Crippen LogP contribution in [0.15, 0.2) is 30.3 Å². The van der Waals surface area contributed by atoms with Crippen molar-refractivity contribution in [3.05, 3.63) is 62.7 Å². The first kappa shape index (κ1) is 25.9. The minimum atomic E-state index is -6.28. The largest absolute Gasteiger partial charge is 0.435 e. The van der Waals surface area contributed by atoms with Gasteiger partial charge < -0.3 is 10.2 Å². The van der Waals surface area contributed by atoms with Crippen LogP contribution in [0.4, 0.5) is 47.8 Å². The molecule has 1 N–H and O–H groups in total. The number of anilines is 2. The molecule has 1 amide bonds. The predicted molar refractivity (Wildman–Crippen MR) is 106 cm³/mol. The zero-order valence-electron chi connectivity index (χ0n) is 17.7. The normalized spacial score (nSPS) is 12.5. The molecule has 0 spiro atoms. The van der Waals surface area contributed by atoms with Crippen molar-refractivity contribution < 1.29 is 40.5 Å². The number of benzene rings is 2. The Labute approximate surface area is 183 Å². The Kier molecular flexibility index (Phi) is 6.68. The Hall–Kier alpha value is -3.38. The number of hydrogen-bond donors (Lipinski definition) is 1. The lowest BCUT2D eigenvalue weighted by Crippen LogP contribution is -2.50. The highest BCUT2D eigenvalue weighted by molar-refractivity contribution is 6.06. The minimum absolute atomic E-state index is 0.158. The van der Waals surface area contributed by atoms with Gasteiger partial charge in [0, 0.05) is 37.0 Å². The first-order valence-corrected chi connectivity index (χ1v) is 9.13. The molecule has 2 aromatic carbocycles. The number of rotatable bonds is 5. The standard InChI is InChI=1S/C20H18F7N3O3/c1-10-7-13(18(21,19(22,23)24)20(25,26)27)8-11(2)16(10)28-17(31)12-5-6-14(29(3)4)15(9-12)30(32)33/h5-9H,1-4H3,(H,28,31). The quantitative estimate of drug-likeness (QED) is 0.332. The fraction of sp³-hybridized carbons (Fsp3) is 0.350. The number of nitrogens with one attached hydrogen (secondary N) is 1. The summed E-state index contributed by atoms with van der Waals surface area (Å²) in [5.41, 5.74) is -8.36. The molecule has 0 fully saturated rings. The first-order valence-electron chi connectivity index (χ1n) is 9.13. The summed E-state index contributed by atoms with van der Waals surface area (Å²) in [6.07, 6.45) is -12.6. The van der Waals surface area contributed by atoms with Crippen molar-refractivity contribution in [2.75, 3.05) is 24.3 Å². The van der Waals surface area contributed by atoms with Crippen molar-refractivity contribution in [2.45, 2.75) is 31.9 Å². The van der Waals surface area contributed by atoms with Crippen LogP contribution in [0.25, 0.3) is 0 Å². The lowest BCUT2D eigenvalue weighted by Gasteiger charge is -2.31. The molecule has 0 aliphatic heterocycles. The topological polar surface area (TPSA) is 75.5 Å². The number of halogens is 7. The Morgan fingerprint density at radius 3 is 1.82 bits per heavy atom. The van der Waals surface area contributed by atoms with E-state index in [2.05, 4.69) is 5.32 Å². The highest BCUT2D eigenvalue weighted by Gasteiger charge is 2.73. The summed E-state index contributed by atoms with van der Waals surface area (Å²) < 4.78 is 92.7. The van der Waals surface area contributed by atoms with E-state index in [4.69, 9.17) is 0 Å². The Morgan fingerprint density at radius 1 is 0.939 bits per heavy atom. The van der Waals surface area contributed by atoms with Gasteiger partial charge in [0.2, 0.25) is 0 Å². The fourth-order valence-electron chi connectivity index (χ4n) is 3.22. The van der Waals surface area contributed by atoms with Gasteiger partial charge in [-0.15, -0.1) is 0 Å². The van der Waals surface area contributed by atoms with Crippen LogP contribution in [-0.4, -0.2) is 37.3 Å². The van der Waals surface area contributed by atoms with Gasteiger partial charge >= 0.3 is 18.0 Å². The molecule has 2 aromatic rings. The van der Waals surface area contributed by atoms with Crippen molar-refractivity contribution in [3.8, 4) is 0 Å². The third-order valence-electron chi connectivity index (χ3n) is 4.87. The Balaban J connectivity index is 2.50. The van der Waals surface area contributed by atoms with Crippen molar-refractivity contribution in [2.24, 2.45) is 0 Å². The van der Waals surface area contributed by atoms with E-state index < -0.39 is 40.1 Å². The van der Waals surface area contributed by atoms with Gasteiger partial charge in [0.1, 0.15) is 5.69 Å². The number of alkyl halides is 7. The first-order chi connectivity index (χ1) is 14.9. The van der Waals surface area contributed by atoms with E-state index in [1.54, 1.807) is 14.1 Å². The monoisotopic (exact) mass is 481 g/mol. The predicted octanol–water partition coefficient (Wildman–Crippen LogP) is 5.82. The van der Waals surface area contributed by atoms with Crippen LogP contribution in [0, 0.1) is 24.0 Å². The Bertz CT molecular complexity index is 1060. The molecule has 0 saturated heterocycles. The summed E-state index contributed by atoms with van der Waals surface area (Å²) >= 11 is 0. The van der Waals surface area contributed by atoms with Gasteiger partial charge in [-0.25, -0.2) is 4.39 Å². The summed E-state index contributed by atoms with van der Waals surface area (Å²) in [4.78, 5) is 24.6. The van der Waals surface area contributed by atoms with Crippen LogP contribution in [0.5, 0.6) is 0 Å². The van der Waals surface area contributed by atoms with Gasteiger partial charge in [-0.3, -0.25) is 14.9 Å². The van der Waals surface area contributed by atoms with Crippen molar-refractivity contribution >= 4 is 23.0 Å². The highest BCUT2D eigenvalue weighted by Crippen LogP contribution is 2.53. The van der Waals surface area contributed by atoms with E-state index in [0.717, 1.165) is 19.9 Å². The smallest absolute Gasteiger partial charge is 0.372 e. The van der Waals surface area contributed by atoms with E-state index >= 15 is 0 Å². The number of carbonyl (C=O) groups excluding carboxylic acids is 1. The summed E-state index contributed by atoms with van der Waals surface area (Å²) in [7, 11) is 3.09. The lowest BCUT2D eigenvalue weighted by atomic mass is 9.90. The molecule has 0 radical (unpaired) electrons. The molecule has 13 heteroatoms. The van der Waals surface area contributed by atoms with E-state index in [1.807, 2.05) is 0 Å². The van der Waals surface area contributed by atoms with E-state index in [9.17, 15) is 45.6 Å². The number of nitro benzene ring substituents is 1. The third kappa shape index (κ3) is 4.71. The third-order valence-corrected chi connectivity index (χ3v) is 4.87. The minimum Gasteiger partial charge on any atom is -0.372 e. The van der Waals surface area contributed by atoms with Crippen molar-refractivity contribution in [1.29, 1.82) is 0 Å². The second-order valence-corrected chi connectivity index (χ2v) is 7.45. The van der Waals surface area contributed by atoms with Gasteiger partial charge in [-0.2, -0.15) is 26.3 Å². The van der Waals surface area contributed by atoms with Gasteiger partial charge in [0.25, 0.3) is 11.6 Å². The molecule has 0 saturated carbocycles. The van der Waals surface area contributed by atoms with Crippen molar-refractivity contribution in [3.63, 3.8) is 0 Å². The van der Waals surface area contributed by atoms with Crippen LogP contribution < -0.4 is 10.2 Å². The zero-order valence-corrected chi connectivity index (χ0v) is 17.7. The molecule has 6 nitrogen and oxygen atoms in total. The number of amides is 1. The Morgan fingerprint density at radius 2 is 1.42 bits per heavy atom. The van der Waals surface area contributed by atoms with Crippen LogP contribution in [0.2, 0.25) is 0 Å². The van der Waals surface area contributed by atoms with Crippen molar-refractivity contribution in [1.82, 2.24) is 0 Å². The molecule has 0 heterocycles. The van der Waals surface area contributed by atoms with Crippen LogP contribution in [0.3, 0.4) is 0 Å². The molecule has 2 rings (SSSR count). The molecule has 0 bridgehead atoms. The molecular formula is C20H18F7N3O3. The average molecular weight is 481 g/mol. The fourth-order valence-corrected chi connectivity index (χ4v) is 3.22. The maximum atomic E-state index is 14.4. The second kappa shape index (κ2) is 8.52. The number of nitro groups is 1. The van der Waals surface area contributed by atoms with E-state index in [-0.39, 0.29) is 28.1 Å².